The number of benzene rings is 1. The van der Waals surface area contributed by atoms with Crippen molar-refractivity contribution in [3.05, 3.63) is 36.0 Å². The molecule has 4 rings (SSSR count). The van der Waals surface area contributed by atoms with Gasteiger partial charge in [0.25, 0.3) is 0 Å². The Morgan fingerprint density at radius 3 is 3.00 bits per heavy atom. The van der Waals surface area contributed by atoms with Crippen LogP contribution in [0.3, 0.4) is 0 Å². The summed E-state index contributed by atoms with van der Waals surface area (Å²) in [5.74, 6) is 0.295. The number of para-hydroxylation sites is 1. The highest BCUT2D eigenvalue weighted by atomic mass is 16.5. The zero-order valence-electron chi connectivity index (χ0n) is 14.4. The van der Waals surface area contributed by atoms with Crippen LogP contribution < -0.4 is 0 Å². The van der Waals surface area contributed by atoms with Gasteiger partial charge in [0.05, 0.1) is 18.8 Å². The zero-order valence-corrected chi connectivity index (χ0v) is 14.4. The SMILES string of the molecule is Cn1cc(CCC(=O)N2CCO[C@@H]3CCCC[C@H]32)c2ccccc21. The van der Waals surface area contributed by atoms with Crippen molar-refractivity contribution in [1.29, 1.82) is 0 Å². The summed E-state index contributed by atoms with van der Waals surface area (Å²) in [5, 5.41) is 1.27. The number of fused-ring (bicyclic) bond motifs is 2. The number of hydrogen-bond donors (Lipinski definition) is 0. The average Bonchev–Trinajstić information content (AvgIpc) is 2.95. The van der Waals surface area contributed by atoms with Crippen LogP contribution in [-0.2, 0) is 23.0 Å². The molecule has 0 N–H and O–H groups in total. The molecule has 2 fully saturated rings. The van der Waals surface area contributed by atoms with Crippen molar-refractivity contribution in [2.45, 2.75) is 50.7 Å². The number of amides is 1. The standard InChI is InChI=1S/C20H26N2O2/c1-21-14-15(16-6-2-3-7-17(16)21)10-11-20(23)22-12-13-24-19-9-5-4-8-18(19)22/h2-3,6-7,14,18-19H,4-5,8-13H2,1H3/t18-,19-/m1/s1. The number of rotatable bonds is 3. The number of hydrogen-bond acceptors (Lipinski definition) is 2. The Balaban J connectivity index is 1.46. The van der Waals surface area contributed by atoms with E-state index in [0.29, 0.717) is 25.0 Å². The summed E-state index contributed by atoms with van der Waals surface area (Å²) in [6.45, 7) is 1.46. The minimum atomic E-state index is 0.272. The molecule has 1 saturated heterocycles. The van der Waals surface area contributed by atoms with Gasteiger partial charge in [-0.1, -0.05) is 31.0 Å². The Kier molecular flexibility index (Phi) is 4.31. The molecule has 0 bridgehead atoms. The molecule has 1 aromatic heterocycles. The molecule has 1 saturated carbocycles. The van der Waals surface area contributed by atoms with Crippen molar-refractivity contribution < 1.29 is 9.53 Å². The van der Waals surface area contributed by atoms with Gasteiger partial charge >= 0.3 is 0 Å². The highest BCUT2D eigenvalue weighted by Gasteiger charge is 2.36. The molecule has 2 atom stereocenters. The van der Waals surface area contributed by atoms with Crippen LogP contribution in [0.2, 0.25) is 0 Å². The van der Waals surface area contributed by atoms with E-state index in [9.17, 15) is 4.79 Å². The maximum absolute atomic E-state index is 12.8. The topological polar surface area (TPSA) is 34.5 Å². The summed E-state index contributed by atoms with van der Waals surface area (Å²) in [5.41, 5.74) is 2.51. The zero-order chi connectivity index (χ0) is 16.5. The number of ether oxygens (including phenoxy) is 1. The Labute approximate surface area is 143 Å². The van der Waals surface area contributed by atoms with Crippen LogP contribution in [0.4, 0.5) is 0 Å². The largest absolute Gasteiger partial charge is 0.374 e. The van der Waals surface area contributed by atoms with Crippen LogP contribution in [0.1, 0.15) is 37.7 Å². The minimum absolute atomic E-state index is 0.272. The second kappa shape index (κ2) is 6.60. The lowest BCUT2D eigenvalue weighted by Gasteiger charge is -2.43. The number of aryl methyl sites for hydroxylation is 2. The normalized spacial score (nSPS) is 24.1. The third kappa shape index (κ3) is 2.84. The third-order valence-corrected chi connectivity index (χ3v) is 5.64. The highest BCUT2D eigenvalue weighted by Crippen LogP contribution is 2.29. The number of carbonyl (C=O) groups excluding carboxylic acids is 1. The number of nitrogens with zero attached hydrogens (tertiary/aromatic N) is 2. The molecule has 2 heterocycles. The summed E-state index contributed by atoms with van der Waals surface area (Å²) >= 11 is 0. The number of aromatic nitrogens is 1. The fraction of sp³-hybridized carbons (Fsp3) is 0.550. The van der Waals surface area contributed by atoms with Crippen LogP contribution in [0.5, 0.6) is 0 Å². The average molecular weight is 326 g/mol. The fourth-order valence-electron chi connectivity index (χ4n) is 4.42. The van der Waals surface area contributed by atoms with Crippen molar-refractivity contribution in [2.24, 2.45) is 7.05 Å². The maximum atomic E-state index is 12.8. The molecule has 24 heavy (non-hydrogen) atoms. The van der Waals surface area contributed by atoms with E-state index in [2.05, 4.69) is 47.0 Å². The molecule has 0 unspecified atom stereocenters. The lowest BCUT2D eigenvalue weighted by Crippen LogP contribution is -2.54. The lowest BCUT2D eigenvalue weighted by atomic mass is 9.90. The van der Waals surface area contributed by atoms with Crippen molar-refractivity contribution in [1.82, 2.24) is 9.47 Å². The second-order valence-corrected chi connectivity index (χ2v) is 7.13. The van der Waals surface area contributed by atoms with E-state index >= 15 is 0 Å². The molecule has 0 spiro atoms. The molecule has 0 radical (unpaired) electrons. The van der Waals surface area contributed by atoms with Gasteiger partial charge < -0.3 is 14.2 Å². The first-order chi connectivity index (χ1) is 11.7. The smallest absolute Gasteiger partial charge is 0.223 e. The van der Waals surface area contributed by atoms with Gasteiger partial charge in [0.15, 0.2) is 0 Å². The molecule has 1 aliphatic heterocycles. The van der Waals surface area contributed by atoms with Crippen molar-refractivity contribution in [3.63, 3.8) is 0 Å². The van der Waals surface area contributed by atoms with Crippen molar-refractivity contribution in [2.75, 3.05) is 13.2 Å². The quantitative estimate of drug-likeness (QED) is 0.867. The summed E-state index contributed by atoms with van der Waals surface area (Å²) in [6, 6.07) is 8.74. The summed E-state index contributed by atoms with van der Waals surface area (Å²) in [7, 11) is 2.07. The van der Waals surface area contributed by atoms with E-state index in [1.165, 1.54) is 29.3 Å². The molecule has 4 nitrogen and oxygen atoms in total. The van der Waals surface area contributed by atoms with E-state index < -0.39 is 0 Å². The Morgan fingerprint density at radius 1 is 1.25 bits per heavy atom. The maximum Gasteiger partial charge on any atom is 0.223 e. The molecule has 2 aromatic rings. The molecule has 1 aliphatic carbocycles. The molecule has 1 aromatic carbocycles. The van der Waals surface area contributed by atoms with E-state index in [4.69, 9.17) is 4.74 Å². The first-order valence-corrected chi connectivity index (χ1v) is 9.18. The summed E-state index contributed by atoms with van der Waals surface area (Å²) in [6.07, 6.45) is 8.51. The molecular weight excluding hydrogens is 300 g/mol. The van der Waals surface area contributed by atoms with Gasteiger partial charge in [-0.2, -0.15) is 0 Å². The molecule has 4 heteroatoms. The number of morpholine rings is 1. The Morgan fingerprint density at radius 2 is 2.08 bits per heavy atom. The van der Waals surface area contributed by atoms with Gasteiger partial charge in [-0.25, -0.2) is 0 Å². The predicted molar refractivity (Wildman–Crippen MR) is 94.9 cm³/mol. The van der Waals surface area contributed by atoms with Crippen LogP contribution >= 0.6 is 0 Å². The molecule has 128 valence electrons. The Bertz CT molecular complexity index is 734. The molecule has 2 aliphatic rings. The van der Waals surface area contributed by atoms with E-state index in [1.807, 2.05) is 0 Å². The van der Waals surface area contributed by atoms with Gasteiger partial charge in [-0.3, -0.25) is 4.79 Å². The second-order valence-electron chi connectivity index (χ2n) is 7.13. The van der Waals surface area contributed by atoms with Crippen LogP contribution in [0.15, 0.2) is 30.5 Å². The van der Waals surface area contributed by atoms with Crippen LogP contribution in [0.25, 0.3) is 10.9 Å². The van der Waals surface area contributed by atoms with E-state index in [-0.39, 0.29) is 6.10 Å². The van der Waals surface area contributed by atoms with Crippen LogP contribution in [0, 0.1) is 0 Å². The predicted octanol–water partition coefficient (Wildman–Crippen LogP) is 3.28. The number of carbonyl (C=O) groups is 1. The molecular formula is C20H26N2O2. The van der Waals surface area contributed by atoms with Gasteiger partial charge in [0, 0.05) is 37.1 Å². The molecule has 1 amide bonds. The van der Waals surface area contributed by atoms with Gasteiger partial charge in [-0.15, -0.1) is 0 Å². The van der Waals surface area contributed by atoms with E-state index in [0.717, 1.165) is 25.8 Å². The van der Waals surface area contributed by atoms with E-state index in [1.54, 1.807) is 0 Å². The monoisotopic (exact) mass is 326 g/mol. The van der Waals surface area contributed by atoms with Gasteiger partial charge in [-0.05, 0) is 30.9 Å². The fourth-order valence-corrected chi connectivity index (χ4v) is 4.42. The summed E-state index contributed by atoms with van der Waals surface area (Å²) in [4.78, 5) is 14.9. The lowest BCUT2D eigenvalue weighted by molar-refractivity contribution is -0.149. The minimum Gasteiger partial charge on any atom is -0.374 e. The van der Waals surface area contributed by atoms with Gasteiger partial charge in [0.2, 0.25) is 5.91 Å². The summed E-state index contributed by atoms with van der Waals surface area (Å²) < 4.78 is 8.04. The van der Waals surface area contributed by atoms with Crippen LogP contribution in [-0.4, -0.2) is 40.7 Å². The van der Waals surface area contributed by atoms with Crippen molar-refractivity contribution in [3.8, 4) is 0 Å². The highest BCUT2D eigenvalue weighted by molar-refractivity contribution is 5.85. The Hall–Kier alpha value is -1.81. The first-order valence-electron chi connectivity index (χ1n) is 9.18. The van der Waals surface area contributed by atoms with Crippen molar-refractivity contribution >= 4 is 16.8 Å². The van der Waals surface area contributed by atoms with Gasteiger partial charge in [0.1, 0.15) is 0 Å². The first kappa shape index (κ1) is 15.7. The third-order valence-electron chi connectivity index (χ3n) is 5.64.